The average molecular weight is 438 g/mol. The van der Waals surface area contributed by atoms with Crippen LogP contribution in [-0.4, -0.2) is 38.7 Å². The van der Waals surface area contributed by atoms with Crippen LogP contribution >= 0.6 is 0 Å². The van der Waals surface area contributed by atoms with E-state index in [1.54, 1.807) is 45.9 Å². The zero-order valence-corrected chi connectivity index (χ0v) is 18.4. The first-order chi connectivity index (χ1) is 14.9. The summed E-state index contributed by atoms with van der Waals surface area (Å²) in [5, 5.41) is 31.6. The highest BCUT2D eigenvalue weighted by Gasteiger charge is 2.38. The molecular weight excluding hydrogens is 412 g/mol. The molecule has 1 aromatic heterocycles. The van der Waals surface area contributed by atoms with Crippen molar-refractivity contribution in [2.75, 3.05) is 0 Å². The number of ether oxygens (including phenoxy) is 2. The van der Waals surface area contributed by atoms with E-state index in [-0.39, 0.29) is 28.3 Å². The second-order valence-corrected chi connectivity index (χ2v) is 9.80. The second kappa shape index (κ2) is 6.73. The number of aromatic hydroxyl groups is 1. The van der Waals surface area contributed by atoms with Crippen LogP contribution in [0, 0.1) is 0 Å². The van der Waals surface area contributed by atoms with Gasteiger partial charge in [-0.25, -0.2) is 0 Å². The van der Waals surface area contributed by atoms with E-state index in [1.165, 1.54) is 6.26 Å². The Balaban J connectivity index is 1.57. The van der Waals surface area contributed by atoms with E-state index >= 15 is 0 Å². The number of phenols is 1. The average Bonchev–Trinajstić information content (AvgIpc) is 3.31. The topological polar surface area (TPSA) is 109 Å². The highest BCUT2D eigenvalue weighted by atomic mass is 16.5. The lowest BCUT2D eigenvalue weighted by Crippen LogP contribution is -2.39. The van der Waals surface area contributed by atoms with Gasteiger partial charge in [0.2, 0.25) is 5.43 Å². The maximum atomic E-state index is 13.4. The molecule has 0 unspecified atom stereocenters. The molecule has 168 valence electrons. The molecule has 2 atom stereocenters. The second-order valence-electron chi connectivity index (χ2n) is 9.80. The smallest absolute Gasteiger partial charge is 0.204 e. The van der Waals surface area contributed by atoms with Crippen molar-refractivity contribution in [3.63, 3.8) is 0 Å². The Hall–Kier alpha value is -3.03. The number of fused-ring (bicyclic) bond motifs is 3. The molecule has 2 aliphatic rings. The van der Waals surface area contributed by atoms with Crippen molar-refractivity contribution < 1.29 is 29.2 Å². The van der Waals surface area contributed by atoms with Gasteiger partial charge in [0.1, 0.15) is 46.7 Å². The van der Waals surface area contributed by atoms with Gasteiger partial charge in [0.05, 0.1) is 16.8 Å². The molecule has 3 heterocycles. The quantitative estimate of drug-likeness (QED) is 0.576. The van der Waals surface area contributed by atoms with Crippen LogP contribution in [0.2, 0.25) is 0 Å². The molecule has 0 fully saturated rings. The molecule has 0 saturated heterocycles. The SMILES string of the molecule is CC(C)(O)[C@@H]1Cc2cc(-c3coc4cc5c(c(O)c4c3=O)C[C@@H](C(C)(C)O)O5)ccc2O1. The fourth-order valence-corrected chi connectivity index (χ4v) is 4.37. The van der Waals surface area contributed by atoms with E-state index in [0.717, 1.165) is 5.56 Å². The third-order valence-corrected chi connectivity index (χ3v) is 6.38. The molecule has 7 nitrogen and oxygen atoms in total. The molecule has 0 bridgehead atoms. The third kappa shape index (κ3) is 3.24. The van der Waals surface area contributed by atoms with Gasteiger partial charge in [-0.3, -0.25) is 4.79 Å². The zero-order valence-electron chi connectivity index (χ0n) is 18.4. The minimum Gasteiger partial charge on any atom is -0.507 e. The molecule has 2 aliphatic heterocycles. The van der Waals surface area contributed by atoms with Gasteiger partial charge in [-0.15, -0.1) is 0 Å². The number of hydrogen-bond acceptors (Lipinski definition) is 7. The third-order valence-electron chi connectivity index (χ3n) is 6.38. The minimum absolute atomic E-state index is 0.0902. The maximum absolute atomic E-state index is 13.4. The van der Waals surface area contributed by atoms with Crippen molar-refractivity contribution in [3.8, 4) is 28.4 Å². The summed E-state index contributed by atoms with van der Waals surface area (Å²) < 4.78 is 17.4. The Morgan fingerprint density at radius 3 is 2.28 bits per heavy atom. The summed E-state index contributed by atoms with van der Waals surface area (Å²) in [5.74, 6) is 0.915. The Labute approximate surface area is 184 Å². The Morgan fingerprint density at radius 1 is 0.938 bits per heavy atom. The first-order valence-corrected chi connectivity index (χ1v) is 10.6. The monoisotopic (exact) mass is 438 g/mol. The highest BCUT2D eigenvalue weighted by Crippen LogP contribution is 2.43. The van der Waals surface area contributed by atoms with Crippen molar-refractivity contribution in [2.24, 2.45) is 0 Å². The summed E-state index contributed by atoms with van der Waals surface area (Å²) in [6, 6.07) is 6.99. The van der Waals surface area contributed by atoms with Crippen LogP contribution in [-0.2, 0) is 12.8 Å². The fraction of sp³-hybridized carbons (Fsp3) is 0.400. The van der Waals surface area contributed by atoms with Gasteiger partial charge in [-0.1, -0.05) is 6.07 Å². The van der Waals surface area contributed by atoms with Gasteiger partial charge < -0.3 is 29.2 Å². The largest absolute Gasteiger partial charge is 0.507 e. The van der Waals surface area contributed by atoms with Gasteiger partial charge in [-0.05, 0) is 51.0 Å². The summed E-state index contributed by atoms with van der Waals surface area (Å²) in [6.07, 6.45) is 1.30. The van der Waals surface area contributed by atoms with Crippen molar-refractivity contribution in [1.29, 1.82) is 0 Å². The predicted octanol–water partition coefficient (Wildman–Crippen LogP) is 3.31. The van der Waals surface area contributed by atoms with Crippen molar-refractivity contribution in [3.05, 3.63) is 51.9 Å². The van der Waals surface area contributed by atoms with Crippen LogP contribution in [0.5, 0.6) is 17.2 Å². The van der Waals surface area contributed by atoms with Crippen LogP contribution in [0.4, 0.5) is 0 Å². The lowest BCUT2D eigenvalue weighted by Gasteiger charge is -2.24. The summed E-state index contributed by atoms with van der Waals surface area (Å²) in [5.41, 5.74) is 0.127. The molecule has 0 aliphatic carbocycles. The van der Waals surface area contributed by atoms with Gasteiger partial charge in [-0.2, -0.15) is 0 Å². The van der Waals surface area contributed by atoms with E-state index in [9.17, 15) is 20.1 Å². The van der Waals surface area contributed by atoms with Gasteiger partial charge in [0.15, 0.2) is 0 Å². The minimum atomic E-state index is -1.10. The molecule has 7 heteroatoms. The molecule has 3 aromatic rings. The van der Waals surface area contributed by atoms with Crippen LogP contribution in [0.15, 0.2) is 39.7 Å². The lowest BCUT2D eigenvalue weighted by atomic mass is 9.94. The molecule has 32 heavy (non-hydrogen) atoms. The van der Waals surface area contributed by atoms with Gasteiger partial charge >= 0.3 is 0 Å². The highest BCUT2D eigenvalue weighted by molar-refractivity contribution is 5.90. The van der Waals surface area contributed by atoms with Crippen LogP contribution in [0.1, 0.15) is 38.8 Å². The van der Waals surface area contributed by atoms with Crippen molar-refractivity contribution >= 4 is 11.0 Å². The van der Waals surface area contributed by atoms with Crippen LogP contribution in [0.25, 0.3) is 22.1 Å². The van der Waals surface area contributed by atoms with Gasteiger partial charge in [0.25, 0.3) is 0 Å². The number of phenolic OH excluding ortho intramolecular Hbond substituents is 1. The lowest BCUT2D eigenvalue weighted by molar-refractivity contribution is -0.0231. The van der Waals surface area contributed by atoms with Crippen LogP contribution < -0.4 is 14.9 Å². The number of hydrogen-bond donors (Lipinski definition) is 3. The molecule has 0 spiro atoms. The number of aliphatic hydroxyl groups is 2. The predicted molar refractivity (Wildman–Crippen MR) is 118 cm³/mol. The molecule has 5 rings (SSSR count). The molecule has 2 aromatic carbocycles. The van der Waals surface area contributed by atoms with E-state index in [0.29, 0.717) is 41.0 Å². The zero-order chi connectivity index (χ0) is 23.0. The van der Waals surface area contributed by atoms with E-state index in [4.69, 9.17) is 13.9 Å². The molecule has 3 N–H and O–H groups in total. The first kappa shape index (κ1) is 20.8. The van der Waals surface area contributed by atoms with Crippen molar-refractivity contribution in [1.82, 2.24) is 0 Å². The van der Waals surface area contributed by atoms with Crippen molar-refractivity contribution in [2.45, 2.75) is 63.9 Å². The van der Waals surface area contributed by atoms with Gasteiger partial charge in [0, 0.05) is 24.5 Å². The van der Waals surface area contributed by atoms with Crippen LogP contribution in [0.3, 0.4) is 0 Å². The number of benzene rings is 2. The summed E-state index contributed by atoms with van der Waals surface area (Å²) in [7, 11) is 0. The standard InChI is InChI=1S/C25H26O7/c1-24(2,28)19-8-13-7-12(5-6-16(13)31-19)15-11-30-18-10-17-14(22(26)21(18)23(15)27)9-20(32-17)25(3,4)29/h5-7,10-11,19-20,26,28-29H,8-9H2,1-4H3/t19-,20-/m0/s1. The normalized spacial score (nSPS) is 20.1. The first-order valence-electron chi connectivity index (χ1n) is 10.6. The Morgan fingerprint density at radius 2 is 1.59 bits per heavy atom. The summed E-state index contributed by atoms with van der Waals surface area (Å²) in [4.78, 5) is 13.4. The molecule has 0 radical (unpaired) electrons. The van der Waals surface area contributed by atoms with E-state index < -0.39 is 17.3 Å². The molecular formula is C25H26O7. The molecule has 0 amide bonds. The van der Waals surface area contributed by atoms with E-state index in [2.05, 4.69) is 0 Å². The Kier molecular flexibility index (Phi) is 4.39. The summed E-state index contributed by atoms with van der Waals surface area (Å²) >= 11 is 0. The maximum Gasteiger partial charge on any atom is 0.204 e. The number of rotatable bonds is 3. The molecule has 0 saturated carbocycles. The summed E-state index contributed by atoms with van der Waals surface area (Å²) in [6.45, 7) is 6.69. The Bertz CT molecular complexity index is 1290. The van der Waals surface area contributed by atoms with E-state index in [1.807, 2.05) is 6.07 Å². The fourth-order valence-electron chi connectivity index (χ4n) is 4.37.